The summed E-state index contributed by atoms with van der Waals surface area (Å²) in [5, 5.41) is 6.47. The van der Waals surface area contributed by atoms with Crippen molar-refractivity contribution in [3.8, 4) is 0 Å². The van der Waals surface area contributed by atoms with Crippen molar-refractivity contribution >= 4 is 17.5 Å². The zero-order valence-corrected chi connectivity index (χ0v) is 18.7. The third-order valence-corrected chi connectivity index (χ3v) is 5.68. The Kier molecular flexibility index (Phi) is 8.64. The largest absolute Gasteiger partial charge is 0.352 e. The Balaban J connectivity index is 1.78. The average Bonchev–Trinajstić information content (AvgIpc) is 3.27. The molecule has 7 nitrogen and oxygen atoms in total. The molecule has 0 bridgehead atoms. The molecule has 3 N–H and O–H groups in total. The molecule has 2 amide bonds. The molecule has 31 heavy (non-hydrogen) atoms. The molecule has 1 aliphatic rings. The van der Waals surface area contributed by atoms with Gasteiger partial charge in [0.1, 0.15) is 0 Å². The second-order valence-corrected chi connectivity index (χ2v) is 8.52. The second-order valence-electron chi connectivity index (χ2n) is 8.52. The van der Waals surface area contributed by atoms with Crippen LogP contribution in [0, 0.1) is 5.92 Å². The Labute approximate surface area is 185 Å². The molecule has 2 heterocycles. The number of rotatable bonds is 5. The standard InChI is InChI=1S/C24H35N5O2/c1-18(2)24(31)29-13-7-5-3-4-6-11-25-15-20-14-19(8-9-22(20)29)23(30)27-12-10-21-16-26-17-28-21/h8-9,14,16-18,25H,3-7,10-13,15H2,1-2H3,(H,26,28)(H,27,30). The van der Waals surface area contributed by atoms with Crippen LogP contribution in [-0.4, -0.2) is 41.4 Å². The van der Waals surface area contributed by atoms with Crippen molar-refractivity contribution in [1.29, 1.82) is 0 Å². The number of amides is 2. The molecule has 0 spiro atoms. The molecule has 1 aromatic heterocycles. The zero-order chi connectivity index (χ0) is 22.1. The highest BCUT2D eigenvalue weighted by atomic mass is 16.2. The summed E-state index contributed by atoms with van der Waals surface area (Å²) in [7, 11) is 0. The normalized spacial score (nSPS) is 15.6. The number of carbonyl (C=O) groups is 2. The molecule has 168 valence electrons. The molecule has 2 aromatic rings. The number of imidazole rings is 1. The maximum Gasteiger partial charge on any atom is 0.251 e. The quantitative estimate of drug-likeness (QED) is 0.685. The predicted octanol–water partition coefficient (Wildman–Crippen LogP) is 3.42. The van der Waals surface area contributed by atoms with E-state index in [1.807, 2.05) is 36.9 Å². The topological polar surface area (TPSA) is 90.1 Å². The van der Waals surface area contributed by atoms with Gasteiger partial charge in [0, 0.05) is 55.1 Å². The number of carbonyl (C=O) groups excluding carboxylic acids is 2. The highest BCUT2D eigenvalue weighted by molar-refractivity contribution is 5.98. The van der Waals surface area contributed by atoms with Gasteiger partial charge in [0.25, 0.3) is 5.91 Å². The third kappa shape index (κ3) is 6.66. The summed E-state index contributed by atoms with van der Waals surface area (Å²) in [6.07, 6.45) is 9.80. The molecule has 0 radical (unpaired) electrons. The minimum absolute atomic E-state index is 0.0702. The number of H-pyrrole nitrogens is 1. The van der Waals surface area contributed by atoms with E-state index in [4.69, 9.17) is 0 Å². The highest BCUT2D eigenvalue weighted by Crippen LogP contribution is 2.25. The van der Waals surface area contributed by atoms with Crippen LogP contribution in [0.3, 0.4) is 0 Å². The lowest BCUT2D eigenvalue weighted by atomic mass is 10.0. The summed E-state index contributed by atoms with van der Waals surface area (Å²) in [5.41, 5.74) is 3.52. The van der Waals surface area contributed by atoms with Gasteiger partial charge < -0.3 is 20.5 Å². The van der Waals surface area contributed by atoms with Crippen LogP contribution in [0.5, 0.6) is 0 Å². The van der Waals surface area contributed by atoms with Gasteiger partial charge in [-0.3, -0.25) is 9.59 Å². The molecule has 0 saturated carbocycles. The van der Waals surface area contributed by atoms with Crippen LogP contribution in [0.25, 0.3) is 0 Å². The first-order chi connectivity index (χ1) is 15.1. The average molecular weight is 426 g/mol. The van der Waals surface area contributed by atoms with E-state index in [1.54, 1.807) is 12.5 Å². The van der Waals surface area contributed by atoms with Crippen LogP contribution >= 0.6 is 0 Å². The Hall–Kier alpha value is -2.67. The van der Waals surface area contributed by atoms with Crippen LogP contribution in [0.4, 0.5) is 5.69 Å². The van der Waals surface area contributed by atoms with E-state index < -0.39 is 0 Å². The first kappa shape index (κ1) is 23.0. The molecule has 0 fully saturated rings. The van der Waals surface area contributed by atoms with Gasteiger partial charge >= 0.3 is 0 Å². The molecule has 0 unspecified atom stereocenters. The lowest BCUT2D eigenvalue weighted by Gasteiger charge is -2.28. The fourth-order valence-corrected chi connectivity index (χ4v) is 3.90. The fourth-order valence-electron chi connectivity index (χ4n) is 3.90. The monoisotopic (exact) mass is 425 g/mol. The summed E-state index contributed by atoms with van der Waals surface area (Å²) < 4.78 is 0. The number of aromatic amines is 1. The van der Waals surface area contributed by atoms with Gasteiger partial charge in [-0.1, -0.05) is 33.1 Å². The number of hydrogen-bond donors (Lipinski definition) is 3. The van der Waals surface area contributed by atoms with Gasteiger partial charge in [0.05, 0.1) is 6.33 Å². The highest BCUT2D eigenvalue weighted by Gasteiger charge is 2.22. The van der Waals surface area contributed by atoms with E-state index in [9.17, 15) is 9.59 Å². The molecular formula is C24H35N5O2. The van der Waals surface area contributed by atoms with Crippen LogP contribution in [0.15, 0.2) is 30.7 Å². The minimum Gasteiger partial charge on any atom is -0.352 e. The third-order valence-electron chi connectivity index (χ3n) is 5.68. The number of benzene rings is 1. The summed E-state index contributed by atoms with van der Waals surface area (Å²) in [6, 6.07) is 5.70. The maximum absolute atomic E-state index is 13.0. The van der Waals surface area contributed by atoms with Crippen molar-refractivity contribution in [3.05, 3.63) is 47.5 Å². The number of hydrogen-bond acceptors (Lipinski definition) is 4. The van der Waals surface area contributed by atoms with Crippen LogP contribution in [0.2, 0.25) is 0 Å². The van der Waals surface area contributed by atoms with Crippen molar-refractivity contribution in [2.45, 2.75) is 58.9 Å². The van der Waals surface area contributed by atoms with Crippen molar-refractivity contribution < 1.29 is 9.59 Å². The first-order valence-corrected chi connectivity index (χ1v) is 11.5. The van der Waals surface area contributed by atoms with Crippen LogP contribution in [-0.2, 0) is 17.8 Å². The smallest absolute Gasteiger partial charge is 0.251 e. The number of aromatic nitrogens is 2. The van der Waals surface area contributed by atoms with Gasteiger partial charge in [-0.15, -0.1) is 0 Å². The van der Waals surface area contributed by atoms with Gasteiger partial charge in [-0.2, -0.15) is 0 Å². The number of nitrogens with one attached hydrogen (secondary N) is 3. The number of anilines is 1. The lowest BCUT2D eigenvalue weighted by molar-refractivity contribution is -0.121. The fraction of sp³-hybridized carbons (Fsp3) is 0.542. The molecule has 0 aliphatic carbocycles. The molecule has 1 aliphatic heterocycles. The Morgan fingerprint density at radius 1 is 1.16 bits per heavy atom. The predicted molar refractivity (Wildman–Crippen MR) is 123 cm³/mol. The lowest BCUT2D eigenvalue weighted by Crippen LogP contribution is -2.36. The van der Waals surface area contributed by atoms with Crippen molar-refractivity contribution in [3.63, 3.8) is 0 Å². The summed E-state index contributed by atoms with van der Waals surface area (Å²) >= 11 is 0. The number of nitrogens with zero attached hydrogens (tertiary/aromatic N) is 2. The van der Waals surface area contributed by atoms with E-state index in [0.29, 0.717) is 25.1 Å². The molecule has 3 rings (SSSR count). The second kappa shape index (κ2) is 11.6. The first-order valence-electron chi connectivity index (χ1n) is 11.5. The summed E-state index contributed by atoms with van der Waals surface area (Å²) in [6.45, 7) is 6.73. The van der Waals surface area contributed by atoms with Crippen molar-refractivity contribution in [2.24, 2.45) is 5.92 Å². The molecular weight excluding hydrogens is 390 g/mol. The zero-order valence-electron chi connectivity index (χ0n) is 18.7. The van der Waals surface area contributed by atoms with Gasteiger partial charge in [-0.25, -0.2) is 4.98 Å². The molecule has 0 saturated heterocycles. The van der Waals surface area contributed by atoms with E-state index in [0.717, 1.165) is 49.3 Å². The SMILES string of the molecule is CC(C)C(=O)N1CCCCCCCNCc2cc(C(=O)NCCc3cnc[nH]3)ccc21. The van der Waals surface area contributed by atoms with Crippen LogP contribution < -0.4 is 15.5 Å². The summed E-state index contributed by atoms with van der Waals surface area (Å²) in [4.78, 5) is 34.6. The Morgan fingerprint density at radius 3 is 2.74 bits per heavy atom. The Bertz CT molecular complexity index is 848. The van der Waals surface area contributed by atoms with Crippen LogP contribution in [0.1, 0.15) is 67.6 Å². The van der Waals surface area contributed by atoms with Gasteiger partial charge in [0.15, 0.2) is 0 Å². The molecule has 1 aromatic carbocycles. The van der Waals surface area contributed by atoms with Gasteiger partial charge in [0.2, 0.25) is 5.91 Å². The maximum atomic E-state index is 13.0. The Morgan fingerprint density at radius 2 is 1.97 bits per heavy atom. The van der Waals surface area contributed by atoms with Crippen molar-refractivity contribution in [1.82, 2.24) is 20.6 Å². The molecule has 7 heteroatoms. The van der Waals surface area contributed by atoms with E-state index in [-0.39, 0.29) is 17.7 Å². The number of fused-ring (bicyclic) bond motifs is 1. The van der Waals surface area contributed by atoms with Gasteiger partial charge in [-0.05, 0) is 43.1 Å². The van der Waals surface area contributed by atoms with Crippen molar-refractivity contribution in [2.75, 3.05) is 24.5 Å². The molecule has 0 atom stereocenters. The van der Waals surface area contributed by atoms with E-state index >= 15 is 0 Å². The minimum atomic E-state index is -0.102. The summed E-state index contributed by atoms with van der Waals surface area (Å²) in [5.74, 6) is -0.0376. The van der Waals surface area contributed by atoms with E-state index in [2.05, 4.69) is 20.6 Å². The van der Waals surface area contributed by atoms with E-state index in [1.165, 1.54) is 12.8 Å².